The quantitative estimate of drug-likeness (QED) is 0.730. The van der Waals surface area contributed by atoms with Crippen molar-refractivity contribution in [3.8, 4) is 0 Å². The van der Waals surface area contributed by atoms with Crippen LogP contribution in [0.4, 0.5) is 0 Å². The molecule has 2 aromatic rings. The number of carbonyl (C=O) groups is 1. The normalized spacial score (nSPS) is 16.2. The number of amides is 1. The molecule has 2 heterocycles. The topological polar surface area (TPSA) is 57.7 Å². The molecular weight excluding hydrogens is 427 g/mol. The van der Waals surface area contributed by atoms with Gasteiger partial charge in [0.1, 0.15) is 4.90 Å². The van der Waals surface area contributed by atoms with Crippen LogP contribution in [-0.4, -0.2) is 49.7 Å². The number of piperazine rings is 1. The van der Waals surface area contributed by atoms with Gasteiger partial charge in [0.25, 0.3) is 5.91 Å². The number of hydrogen-bond acceptors (Lipinski definition) is 4. The van der Waals surface area contributed by atoms with Gasteiger partial charge in [-0.1, -0.05) is 40.9 Å². The van der Waals surface area contributed by atoms with Crippen molar-refractivity contribution in [2.24, 2.45) is 0 Å². The average Bonchev–Trinajstić information content (AvgIpc) is 3.03. The van der Waals surface area contributed by atoms with Crippen LogP contribution < -0.4 is 0 Å². The number of halogens is 3. The molecule has 25 heavy (non-hydrogen) atoms. The zero-order valence-electron chi connectivity index (χ0n) is 12.8. The number of thiophene rings is 1. The second kappa shape index (κ2) is 7.42. The predicted molar refractivity (Wildman–Crippen MR) is 100 cm³/mol. The first kappa shape index (κ1) is 18.9. The van der Waals surface area contributed by atoms with E-state index in [4.69, 9.17) is 34.8 Å². The van der Waals surface area contributed by atoms with Crippen molar-refractivity contribution in [3.05, 3.63) is 49.6 Å². The van der Waals surface area contributed by atoms with E-state index in [0.29, 0.717) is 22.3 Å². The third-order valence-corrected chi connectivity index (χ3v) is 7.93. The molecule has 1 aliphatic heterocycles. The summed E-state index contributed by atoms with van der Waals surface area (Å²) in [5, 5.41) is 0.196. The first-order chi connectivity index (χ1) is 11.8. The second-order valence-corrected chi connectivity index (χ2v) is 9.76. The molecule has 0 saturated carbocycles. The molecule has 10 heteroatoms. The van der Waals surface area contributed by atoms with Crippen molar-refractivity contribution < 1.29 is 13.2 Å². The summed E-state index contributed by atoms with van der Waals surface area (Å²) in [6.45, 7) is 0.976. The van der Waals surface area contributed by atoms with E-state index in [-0.39, 0.29) is 33.9 Å². The molecule has 0 N–H and O–H groups in total. The van der Waals surface area contributed by atoms with Gasteiger partial charge in [0.05, 0.1) is 19.3 Å². The van der Waals surface area contributed by atoms with Gasteiger partial charge in [0, 0.05) is 26.2 Å². The molecule has 5 nitrogen and oxygen atoms in total. The Hall–Kier alpha value is -0.830. The summed E-state index contributed by atoms with van der Waals surface area (Å²) in [4.78, 5) is 14.5. The Balaban J connectivity index is 1.73. The summed E-state index contributed by atoms with van der Waals surface area (Å²) in [6, 6.07) is 7.84. The predicted octanol–water partition coefficient (Wildman–Crippen LogP) is 3.86. The van der Waals surface area contributed by atoms with Crippen LogP contribution >= 0.6 is 46.1 Å². The molecule has 0 atom stereocenters. The van der Waals surface area contributed by atoms with E-state index in [0.717, 1.165) is 0 Å². The van der Waals surface area contributed by atoms with Gasteiger partial charge in [-0.15, -0.1) is 11.3 Å². The Labute approximate surface area is 164 Å². The lowest BCUT2D eigenvalue weighted by molar-refractivity contribution is 0.0703. The van der Waals surface area contributed by atoms with Crippen LogP contribution in [0.25, 0.3) is 0 Å². The molecule has 1 amide bonds. The zero-order chi connectivity index (χ0) is 18.2. The van der Waals surface area contributed by atoms with Crippen LogP contribution in [0, 0.1) is 0 Å². The third kappa shape index (κ3) is 3.82. The number of benzene rings is 1. The lowest BCUT2D eigenvalue weighted by Gasteiger charge is -2.34. The molecule has 3 rings (SSSR count). The molecule has 0 unspecified atom stereocenters. The fourth-order valence-corrected chi connectivity index (χ4v) is 5.71. The Kier molecular flexibility index (Phi) is 5.63. The Bertz CT molecular complexity index is 906. The number of hydrogen-bond donors (Lipinski definition) is 0. The van der Waals surface area contributed by atoms with Crippen LogP contribution in [0.3, 0.4) is 0 Å². The number of sulfonamides is 1. The fourth-order valence-electron chi connectivity index (χ4n) is 2.54. The monoisotopic (exact) mass is 438 g/mol. The van der Waals surface area contributed by atoms with Crippen molar-refractivity contribution in [2.45, 2.75) is 4.90 Å². The molecule has 0 bridgehead atoms. The molecular formula is C15H13Cl3N2O3S2. The minimum atomic E-state index is -3.76. The standard InChI is InChI=1S/C15H13Cl3N2O3S2/c16-10-2-1-3-12(14(10)18)25(22,23)20-8-6-19(7-9-20)15(21)11-4-5-13(17)24-11/h1-5H,6-9H2. The second-order valence-electron chi connectivity index (χ2n) is 5.35. The lowest BCUT2D eigenvalue weighted by Crippen LogP contribution is -2.50. The minimum absolute atomic E-state index is 0.0101. The molecule has 1 aromatic carbocycles. The maximum Gasteiger partial charge on any atom is 0.264 e. The Morgan fingerprint density at radius 2 is 1.68 bits per heavy atom. The van der Waals surface area contributed by atoms with Crippen LogP contribution in [0.15, 0.2) is 35.2 Å². The third-order valence-electron chi connectivity index (χ3n) is 3.84. The van der Waals surface area contributed by atoms with Gasteiger partial charge in [-0.05, 0) is 24.3 Å². The van der Waals surface area contributed by atoms with Crippen molar-refractivity contribution in [1.82, 2.24) is 9.21 Å². The molecule has 1 aliphatic rings. The van der Waals surface area contributed by atoms with Gasteiger partial charge < -0.3 is 4.90 Å². The van der Waals surface area contributed by atoms with Crippen LogP contribution in [0.1, 0.15) is 9.67 Å². The number of nitrogens with zero attached hydrogens (tertiary/aromatic N) is 2. The molecule has 1 aromatic heterocycles. The van der Waals surface area contributed by atoms with Crippen molar-refractivity contribution >= 4 is 62.1 Å². The van der Waals surface area contributed by atoms with Gasteiger partial charge >= 0.3 is 0 Å². The van der Waals surface area contributed by atoms with Crippen molar-refractivity contribution in [3.63, 3.8) is 0 Å². The molecule has 1 saturated heterocycles. The van der Waals surface area contributed by atoms with E-state index in [9.17, 15) is 13.2 Å². The highest BCUT2D eigenvalue weighted by Crippen LogP contribution is 2.31. The average molecular weight is 440 g/mol. The van der Waals surface area contributed by atoms with E-state index in [1.807, 2.05) is 0 Å². The van der Waals surface area contributed by atoms with Gasteiger partial charge in [0.2, 0.25) is 10.0 Å². The molecule has 0 aliphatic carbocycles. The lowest BCUT2D eigenvalue weighted by atomic mass is 10.3. The van der Waals surface area contributed by atoms with E-state index in [1.165, 1.54) is 27.8 Å². The molecule has 0 radical (unpaired) electrons. The maximum absolute atomic E-state index is 12.8. The summed E-state index contributed by atoms with van der Waals surface area (Å²) in [5.41, 5.74) is 0. The van der Waals surface area contributed by atoms with E-state index in [1.54, 1.807) is 23.1 Å². The summed E-state index contributed by atoms with van der Waals surface area (Å²) < 4.78 is 27.4. The van der Waals surface area contributed by atoms with Gasteiger partial charge in [-0.2, -0.15) is 4.31 Å². The smallest absolute Gasteiger partial charge is 0.264 e. The first-order valence-corrected chi connectivity index (χ1v) is 10.7. The summed E-state index contributed by atoms with van der Waals surface area (Å²) in [5.74, 6) is -0.144. The zero-order valence-corrected chi connectivity index (χ0v) is 16.7. The maximum atomic E-state index is 12.8. The Morgan fingerprint density at radius 3 is 2.28 bits per heavy atom. The van der Waals surface area contributed by atoms with E-state index < -0.39 is 10.0 Å². The summed E-state index contributed by atoms with van der Waals surface area (Å²) in [7, 11) is -3.76. The van der Waals surface area contributed by atoms with Crippen molar-refractivity contribution in [2.75, 3.05) is 26.2 Å². The van der Waals surface area contributed by atoms with Gasteiger partial charge in [0.15, 0.2) is 0 Å². The van der Waals surface area contributed by atoms with Crippen LogP contribution in [0.2, 0.25) is 14.4 Å². The minimum Gasteiger partial charge on any atom is -0.335 e. The molecule has 1 fully saturated rings. The van der Waals surface area contributed by atoms with Gasteiger partial charge in [-0.3, -0.25) is 4.79 Å². The van der Waals surface area contributed by atoms with E-state index >= 15 is 0 Å². The highest BCUT2D eigenvalue weighted by atomic mass is 35.5. The van der Waals surface area contributed by atoms with Crippen molar-refractivity contribution in [1.29, 1.82) is 0 Å². The van der Waals surface area contributed by atoms with Gasteiger partial charge in [-0.25, -0.2) is 8.42 Å². The largest absolute Gasteiger partial charge is 0.335 e. The number of carbonyl (C=O) groups excluding carboxylic acids is 1. The summed E-state index contributed by atoms with van der Waals surface area (Å²) in [6.07, 6.45) is 0. The SMILES string of the molecule is O=C(c1ccc(Cl)s1)N1CCN(S(=O)(=O)c2cccc(Cl)c2Cl)CC1. The van der Waals surface area contributed by atoms with Crippen LogP contribution in [-0.2, 0) is 10.0 Å². The van der Waals surface area contributed by atoms with E-state index in [2.05, 4.69) is 0 Å². The number of rotatable bonds is 3. The summed E-state index contributed by atoms with van der Waals surface area (Å²) >= 11 is 19.0. The highest BCUT2D eigenvalue weighted by Gasteiger charge is 2.32. The molecule has 0 spiro atoms. The highest BCUT2D eigenvalue weighted by molar-refractivity contribution is 7.89. The molecule has 134 valence electrons. The van der Waals surface area contributed by atoms with Crippen LogP contribution in [0.5, 0.6) is 0 Å². The first-order valence-electron chi connectivity index (χ1n) is 7.29. The fraction of sp³-hybridized carbons (Fsp3) is 0.267. The Morgan fingerprint density at radius 1 is 1.00 bits per heavy atom.